The van der Waals surface area contributed by atoms with Crippen molar-refractivity contribution in [1.29, 1.82) is 0 Å². The van der Waals surface area contributed by atoms with Crippen LogP contribution in [0, 0.1) is 13.8 Å². The normalized spacial score (nSPS) is 10.5. The van der Waals surface area contributed by atoms with Gasteiger partial charge >= 0.3 is 0 Å². The van der Waals surface area contributed by atoms with E-state index >= 15 is 0 Å². The van der Waals surface area contributed by atoms with Crippen molar-refractivity contribution in [2.24, 2.45) is 0 Å². The van der Waals surface area contributed by atoms with Gasteiger partial charge in [0.1, 0.15) is 10.9 Å². The van der Waals surface area contributed by atoms with Crippen LogP contribution in [0.5, 0.6) is 0 Å². The van der Waals surface area contributed by atoms with E-state index in [4.69, 9.17) is 0 Å². The molecule has 2 heterocycles. The summed E-state index contributed by atoms with van der Waals surface area (Å²) in [6.45, 7) is 5.31. The smallest absolute Gasteiger partial charge is 0.223 e. The Morgan fingerprint density at radius 1 is 1.37 bits per heavy atom. The molecule has 1 N–H and O–H groups in total. The zero-order chi connectivity index (χ0) is 13.8. The van der Waals surface area contributed by atoms with E-state index in [0.717, 1.165) is 28.0 Å². The molecule has 100 valence electrons. The van der Waals surface area contributed by atoms with E-state index in [1.807, 2.05) is 25.3 Å². The zero-order valence-corrected chi connectivity index (χ0v) is 12.6. The van der Waals surface area contributed by atoms with Gasteiger partial charge in [0.2, 0.25) is 5.91 Å². The maximum absolute atomic E-state index is 10.9. The van der Waals surface area contributed by atoms with Gasteiger partial charge in [-0.2, -0.15) is 0 Å². The third-order valence-electron chi connectivity index (χ3n) is 2.15. The molecule has 1 amide bonds. The Balaban J connectivity index is 1.98. The van der Waals surface area contributed by atoms with Gasteiger partial charge in [-0.25, -0.2) is 15.0 Å². The lowest BCUT2D eigenvalue weighted by atomic mass is 10.4. The Labute approximate surface area is 119 Å². The molecule has 0 aliphatic rings. The predicted molar refractivity (Wildman–Crippen MR) is 77.5 cm³/mol. The van der Waals surface area contributed by atoms with Gasteiger partial charge in [-0.15, -0.1) is 11.3 Å². The minimum Gasteiger partial charge on any atom is -0.302 e. The van der Waals surface area contributed by atoms with Gasteiger partial charge in [0.15, 0.2) is 5.13 Å². The standard InChI is InChI=1S/C12H14N4OS2/c1-7-4-11(14-8(2)13-7)18-5-10-6-19-12(16-10)15-9(3)17/h4,6H,5H2,1-3H3,(H,15,16,17). The zero-order valence-electron chi connectivity index (χ0n) is 10.9. The molecule has 2 aromatic heterocycles. The molecule has 0 aliphatic heterocycles. The van der Waals surface area contributed by atoms with E-state index in [-0.39, 0.29) is 5.91 Å². The van der Waals surface area contributed by atoms with Crippen LogP contribution in [0.1, 0.15) is 24.1 Å². The number of anilines is 1. The Morgan fingerprint density at radius 3 is 2.84 bits per heavy atom. The van der Waals surface area contributed by atoms with E-state index < -0.39 is 0 Å². The van der Waals surface area contributed by atoms with Crippen molar-refractivity contribution in [3.63, 3.8) is 0 Å². The summed E-state index contributed by atoms with van der Waals surface area (Å²) >= 11 is 3.04. The van der Waals surface area contributed by atoms with E-state index in [1.54, 1.807) is 11.8 Å². The molecule has 0 aromatic carbocycles. The third-order valence-corrected chi connectivity index (χ3v) is 3.90. The summed E-state index contributed by atoms with van der Waals surface area (Å²) in [6, 6.07) is 1.96. The van der Waals surface area contributed by atoms with Crippen molar-refractivity contribution < 1.29 is 4.79 Å². The first kappa shape index (κ1) is 14.0. The second kappa shape index (κ2) is 6.12. The number of thiazole rings is 1. The lowest BCUT2D eigenvalue weighted by Gasteiger charge is -2.01. The average Bonchev–Trinajstić information content (AvgIpc) is 2.72. The highest BCUT2D eigenvalue weighted by Crippen LogP contribution is 2.24. The summed E-state index contributed by atoms with van der Waals surface area (Å²) in [6.07, 6.45) is 0. The number of aromatic nitrogens is 3. The minimum absolute atomic E-state index is 0.101. The second-order valence-corrected chi connectivity index (χ2v) is 5.86. The van der Waals surface area contributed by atoms with Gasteiger partial charge in [-0.1, -0.05) is 11.8 Å². The topological polar surface area (TPSA) is 67.8 Å². The molecule has 0 bridgehead atoms. The van der Waals surface area contributed by atoms with Gasteiger partial charge in [-0.05, 0) is 19.9 Å². The molecule has 5 nitrogen and oxygen atoms in total. The molecule has 7 heteroatoms. The number of hydrogen-bond donors (Lipinski definition) is 1. The molecule has 0 aliphatic carbocycles. The lowest BCUT2D eigenvalue weighted by Crippen LogP contribution is -2.05. The number of hydrogen-bond acceptors (Lipinski definition) is 6. The number of carbonyl (C=O) groups is 1. The molecule has 0 saturated heterocycles. The molecule has 0 saturated carbocycles. The fourth-order valence-corrected chi connectivity index (χ4v) is 3.24. The Morgan fingerprint density at radius 2 is 2.16 bits per heavy atom. The number of amides is 1. The Bertz CT molecular complexity index is 577. The number of carbonyl (C=O) groups excluding carboxylic acids is 1. The highest BCUT2D eigenvalue weighted by atomic mass is 32.2. The molecular weight excluding hydrogens is 280 g/mol. The summed E-state index contributed by atoms with van der Waals surface area (Å²) in [5.41, 5.74) is 1.90. The van der Waals surface area contributed by atoms with Crippen LogP contribution in [-0.4, -0.2) is 20.9 Å². The first-order chi connectivity index (χ1) is 9.02. The summed E-state index contributed by atoms with van der Waals surface area (Å²) < 4.78 is 0. The van der Waals surface area contributed by atoms with E-state index in [2.05, 4.69) is 20.3 Å². The summed E-state index contributed by atoms with van der Waals surface area (Å²) in [4.78, 5) is 23.8. The maximum atomic E-state index is 10.9. The van der Waals surface area contributed by atoms with Crippen molar-refractivity contribution in [2.45, 2.75) is 31.6 Å². The second-order valence-electron chi connectivity index (χ2n) is 4.01. The van der Waals surface area contributed by atoms with Crippen LogP contribution < -0.4 is 5.32 Å². The minimum atomic E-state index is -0.101. The van der Waals surface area contributed by atoms with Gasteiger partial charge in [0.25, 0.3) is 0 Å². The van der Waals surface area contributed by atoms with Gasteiger partial charge < -0.3 is 5.32 Å². The fraction of sp³-hybridized carbons (Fsp3) is 0.333. The molecule has 0 atom stereocenters. The highest BCUT2D eigenvalue weighted by Gasteiger charge is 2.05. The quantitative estimate of drug-likeness (QED) is 0.693. The van der Waals surface area contributed by atoms with Crippen LogP contribution in [0.2, 0.25) is 0 Å². The highest BCUT2D eigenvalue weighted by molar-refractivity contribution is 7.98. The molecule has 19 heavy (non-hydrogen) atoms. The first-order valence-electron chi connectivity index (χ1n) is 5.70. The SMILES string of the molecule is CC(=O)Nc1nc(CSc2cc(C)nc(C)n2)cs1. The van der Waals surface area contributed by atoms with Crippen LogP contribution in [0.4, 0.5) is 5.13 Å². The lowest BCUT2D eigenvalue weighted by molar-refractivity contribution is -0.114. The molecule has 2 rings (SSSR count). The van der Waals surface area contributed by atoms with Crippen molar-refractivity contribution in [3.05, 3.63) is 28.7 Å². The van der Waals surface area contributed by atoms with Gasteiger partial charge in [-0.3, -0.25) is 4.79 Å². The molecular formula is C12H14N4OS2. The van der Waals surface area contributed by atoms with Crippen LogP contribution in [0.25, 0.3) is 0 Å². The maximum Gasteiger partial charge on any atom is 0.223 e. The molecule has 0 unspecified atom stereocenters. The Hall–Kier alpha value is -1.47. The fourth-order valence-electron chi connectivity index (χ4n) is 1.49. The van der Waals surface area contributed by atoms with Crippen LogP contribution in [-0.2, 0) is 10.5 Å². The van der Waals surface area contributed by atoms with E-state index in [0.29, 0.717) is 5.13 Å². The van der Waals surface area contributed by atoms with Gasteiger partial charge in [0, 0.05) is 23.8 Å². The van der Waals surface area contributed by atoms with Crippen molar-refractivity contribution in [2.75, 3.05) is 5.32 Å². The summed E-state index contributed by atoms with van der Waals surface area (Å²) in [5.74, 6) is 1.40. The number of aryl methyl sites for hydroxylation is 2. The van der Waals surface area contributed by atoms with Crippen LogP contribution in [0.3, 0.4) is 0 Å². The Kier molecular flexibility index (Phi) is 4.49. The van der Waals surface area contributed by atoms with Crippen LogP contribution >= 0.6 is 23.1 Å². The van der Waals surface area contributed by atoms with Crippen molar-refractivity contribution in [1.82, 2.24) is 15.0 Å². The summed E-state index contributed by atoms with van der Waals surface area (Å²) in [5, 5.41) is 6.20. The average molecular weight is 294 g/mol. The van der Waals surface area contributed by atoms with E-state index in [9.17, 15) is 4.79 Å². The van der Waals surface area contributed by atoms with Crippen LogP contribution in [0.15, 0.2) is 16.5 Å². The number of nitrogens with one attached hydrogen (secondary N) is 1. The number of thioether (sulfide) groups is 1. The number of rotatable bonds is 4. The monoisotopic (exact) mass is 294 g/mol. The molecule has 0 fully saturated rings. The molecule has 0 spiro atoms. The van der Waals surface area contributed by atoms with Gasteiger partial charge in [0.05, 0.1) is 5.69 Å². The van der Waals surface area contributed by atoms with Crippen molar-refractivity contribution in [3.8, 4) is 0 Å². The third kappa shape index (κ3) is 4.29. The van der Waals surface area contributed by atoms with E-state index in [1.165, 1.54) is 18.3 Å². The molecule has 2 aromatic rings. The first-order valence-corrected chi connectivity index (χ1v) is 7.56. The molecule has 0 radical (unpaired) electrons. The largest absolute Gasteiger partial charge is 0.302 e. The predicted octanol–water partition coefficient (Wildman–Crippen LogP) is 2.80. The summed E-state index contributed by atoms with van der Waals surface area (Å²) in [7, 11) is 0. The number of nitrogens with zero attached hydrogens (tertiary/aromatic N) is 3. The van der Waals surface area contributed by atoms with Crippen molar-refractivity contribution >= 4 is 34.1 Å².